The topological polar surface area (TPSA) is 21.3 Å². The molecule has 0 bridgehead atoms. The lowest BCUT2D eigenvalue weighted by Crippen LogP contribution is -2.14. The summed E-state index contributed by atoms with van der Waals surface area (Å²) in [5.41, 5.74) is -1.03. The van der Waals surface area contributed by atoms with E-state index in [0.717, 1.165) is 12.8 Å². The summed E-state index contributed by atoms with van der Waals surface area (Å²) in [7, 11) is 0. The largest absolute Gasteiger partial charge is 0.380 e. The van der Waals surface area contributed by atoms with Gasteiger partial charge in [-0.1, -0.05) is 13.3 Å². The molecule has 1 rings (SSSR count). The Morgan fingerprint density at radius 1 is 0.842 bits per heavy atom. The molecule has 108 valence electrons. The summed E-state index contributed by atoms with van der Waals surface area (Å²) in [4.78, 5) is 0. The van der Waals surface area contributed by atoms with E-state index in [1.165, 1.54) is 0 Å². The standard InChI is InChI=1S/C12H14F5NO/c1-2-3-5-19-6-4-18-12-10(16)8(14)7(13)9(15)11(12)17/h18H,2-6H2,1H3. The van der Waals surface area contributed by atoms with Crippen LogP contribution in [-0.4, -0.2) is 19.8 Å². The van der Waals surface area contributed by atoms with E-state index in [9.17, 15) is 22.0 Å². The van der Waals surface area contributed by atoms with Gasteiger partial charge in [-0.15, -0.1) is 0 Å². The molecule has 0 unspecified atom stereocenters. The highest BCUT2D eigenvalue weighted by atomic mass is 19.2. The van der Waals surface area contributed by atoms with Crippen LogP contribution in [0, 0.1) is 29.1 Å². The molecule has 0 aliphatic carbocycles. The van der Waals surface area contributed by atoms with E-state index in [4.69, 9.17) is 4.74 Å². The molecule has 1 N–H and O–H groups in total. The summed E-state index contributed by atoms with van der Waals surface area (Å²) in [6.07, 6.45) is 1.77. The summed E-state index contributed by atoms with van der Waals surface area (Å²) < 4.78 is 69.9. The van der Waals surface area contributed by atoms with E-state index >= 15 is 0 Å². The van der Waals surface area contributed by atoms with Gasteiger partial charge in [-0.3, -0.25) is 0 Å². The van der Waals surface area contributed by atoms with Crippen molar-refractivity contribution in [3.63, 3.8) is 0 Å². The summed E-state index contributed by atoms with van der Waals surface area (Å²) in [6.45, 7) is 2.51. The Morgan fingerprint density at radius 3 is 1.89 bits per heavy atom. The fraction of sp³-hybridized carbons (Fsp3) is 0.500. The first kappa shape index (κ1) is 15.7. The third-order valence-corrected chi connectivity index (χ3v) is 2.40. The van der Waals surface area contributed by atoms with Crippen molar-refractivity contribution in [2.24, 2.45) is 0 Å². The number of halogens is 5. The van der Waals surface area contributed by atoms with Crippen LogP contribution in [0.1, 0.15) is 19.8 Å². The first-order valence-electron chi connectivity index (χ1n) is 5.83. The van der Waals surface area contributed by atoms with E-state index < -0.39 is 34.8 Å². The van der Waals surface area contributed by atoms with Gasteiger partial charge in [0.05, 0.1) is 6.61 Å². The maximum atomic E-state index is 13.2. The number of benzene rings is 1. The Kier molecular flexibility index (Phi) is 6.01. The molecule has 0 aliphatic heterocycles. The maximum Gasteiger partial charge on any atom is 0.200 e. The van der Waals surface area contributed by atoms with E-state index in [0.29, 0.717) is 6.61 Å². The highest BCUT2D eigenvalue weighted by Crippen LogP contribution is 2.26. The second-order valence-corrected chi connectivity index (χ2v) is 3.84. The fourth-order valence-corrected chi connectivity index (χ4v) is 1.36. The Balaban J connectivity index is 2.64. The van der Waals surface area contributed by atoms with Gasteiger partial charge < -0.3 is 10.1 Å². The Morgan fingerprint density at radius 2 is 1.37 bits per heavy atom. The van der Waals surface area contributed by atoms with Crippen LogP contribution in [0.2, 0.25) is 0 Å². The first-order chi connectivity index (χ1) is 9.00. The molecule has 0 radical (unpaired) electrons. The smallest absolute Gasteiger partial charge is 0.200 e. The predicted octanol–water partition coefficient (Wildman–Crippen LogP) is 3.61. The number of anilines is 1. The number of rotatable bonds is 7. The first-order valence-corrected chi connectivity index (χ1v) is 5.83. The molecular weight excluding hydrogens is 269 g/mol. The maximum absolute atomic E-state index is 13.2. The van der Waals surface area contributed by atoms with Crippen LogP contribution in [0.25, 0.3) is 0 Å². The fourth-order valence-electron chi connectivity index (χ4n) is 1.36. The Bertz CT molecular complexity index is 410. The molecule has 0 aliphatic rings. The highest BCUT2D eigenvalue weighted by molar-refractivity contribution is 5.47. The van der Waals surface area contributed by atoms with E-state index in [-0.39, 0.29) is 13.2 Å². The zero-order chi connectivity index (χ0) is 14.4. The average Bonchev–Trinajstić information content (AvgIpc) is 2.41. The molecule has 1 aromatic rings. The number of hydrogen-bond donors (Lipinski definition) is 1. The van der Waals surface area contributed by atoms with Crippen LogP contribution in [0.5, 0.6) is 0 Å². The molecule has 0 heterocycles. The SMILES string of the molecule is CCCCOCCNc1c(F)c(F)c(F)c(F)c1F. The van der Waals surface area contributed by atoms with Crippen LogP contribution in [-0.2, 0) is 4.74 Å². The number of ether oxygens (including phenoxy) is 1. The van der Waals surface area contributed by atoms with Crippen LogP contribution in [0.3, 0.4) is 0 Å². The molecule has 19 heavy (non-hydrogen) atoms. The zero-order valence-corrected chi connectivity index (χ0v) is 10.3. The lowest BCUT2D eigenvalue weighted by molar-refractivity contribution is 0.141. The summed E-state index contributed by atoms with van der Waals surface area (Å²) in [5, 5.41) is 2.15. The van der Waals surface area contributed by atoms with Gasteiger partial charge >= 0.3 is 0 Å². The Hall–Kier alpha value is -1.37. The minimum absolute atomic E-state index is 0.0535. The molecule has 0 saturated carbocycles. The van der Waals surface area contributed by atoms with Gasteiger partial charge in [-0.25, -0.2) is 22.0 Å². The molecule has 0 aromatic heterocycles. The molecule has 0 fully saturated rings. The van der Waals surface area contributed by atoms with Gasteiger partial charge in [0.1, 0.15) is 5.69 Å². The van der Waals surface area contributed by atoms with Crippen LogP contribution in [0.4, 0.5) is 27.6 Å². The Labute approximate surface area is 107 Å². The van der Waals surface area contributed by atoms with Crippen molar-refractivity contribution in [3.05, 3.63) is 29.1 Å². The van der Waals surface area contributed by atoms with Crippen molar-refractivity contribution >= 4 is 5.69 Å². The molecule has 0 saturated heterocycles. The minimum atomic E-state index is -2.17. The molecule has 7 heteroatoms. The van der Waals surface area contributed by atoms with Crippen molar-refractivity contribution in [2.45, 2.75) is 19.8 Å². The van der Waals surface area contributed by atoms with E-state index in [2.05, 4.69) is 5.32 Å². The number of nitrogens with one attached hydrogen (secondary N) is 1. The molecular formula is C12H14F5NO. The van der Waals surface area contributed by atoms with Gasteiger partial charge in [-0.05, 0) is 6.42 Å². The lowest BCUT2D eigenvalue weighted by Gasteiger charge is -2.10. The molecule has 2 nitrogen and oxygen atoms in total. The van der Waals surface area contributed by atoms with Gasteiger partial charge in [-0.2, -0.15) is 0 Å². The molecule has 1 aromatic carbocycles. The molecule has 0 spiro atoms. The second kappa shape index (κ2) is 7.28. The number of unbranched alkanes of at least 4 members (excludes halogenated alkanes) is 1. The zero-order valence-electron chi connectivity index (χ0n) is 10.3. The van der Waals surface area contributed by atoms with Gasteiger partial charge in [0.2, 0.25) is 5.82 Å². The normalized spacial score (nSPS) is 10.8. The van der Waals surface area contributed by atoms with Gasteiger partial charge in [0.25, 0.3) is 0 Å². The van der Waals surface area contributed by atoms with Crippen molar-refractivity contribution in [2.75, 3.05) is 25.1 Å². The third-order valence-electron chi connectivity index (χ3n) is 2.40. The van der Waals surface area contributed by atoms with Crippen molar-refractivity contribution < 1.29 is 26.7 Å². The van der Waals surface area contributed by atoms with Crippen LogP contribution >= 0.6 is 0 Å². The summed E-state index contributed by atoms with van der Waals surface area (Å²) in [5.74, 6) is -9.84. The summed E-state index contributed by atoms with van der Waals surface area (Å²) >= 11 is 0. The van der Waals surface area contributed by atoms with E-state index in [1.807, 2.05) is 6.92 Å². The monoisotopic (exact) mass is 283 g/mol. The predicted molar refractivity (Wildman–Crippen MR) is 60.4 cm³/mol. The number of hydrogen-bond acceptors (Lipinski definition) is 2. The van der Waals surface area contributed by atoms with Crippen molar-refractivity contribution in [1.82, 2.24) is 0 Å². The van der Waals surface area contributed by atoms with Crippen molar-refractivity contribution in [1.29, 1.82) is 0 Å². The van der Waals surface area contributed by atoms with Crippen molar-refractivity contribution in [3.8, 4) is 0 Å². The van der Waals surface area contributed by atoms with Gasteiger partial charge in [0.15, 0.2) is 23.3 Å². The lowest BCUT2D eigenvalue weighted by atomic mass is 10.2. The van der Waals surface area contributed by atoms with Crippen LogP contribution < -0.4 is 5.32 Å². The average molecular weight is 283 g/mol. The summed E-state index contributed by atoms with van der Waals surface area (Å²) in [6, 6.07) is 0. The molecule has 0 atom stereocenters. The minimum Gasteiger partial charge on any atom is -0.380 e. The molecule has 0 amide bonds. The highest BCUT2D eigenvalue weighted by Gasteiger charge is 2.25. The quantitative estimate of drug-likeness (QED) is 0.357. The van der Waals surface area contributed by atoms with E-state index in [1.54, 1.807) is 0 Å². The third kappa shape index (κ3) is 3.79. The second-order valence-electron chi connectivity index (χ2n) is 3.84. The van der Waals surface area contributed by atoms with Crippen LogP contribution in [0.15, 0.2) is 0 Å². The van der Waals surface area contributed by atoms with Gasteiger partial charge in [0, 0.05) is 13.2 Å².